The molecule has 10 heteroatoms. The highest BCUT2D eigenvalue weighted by atomic mass is 35.5. The lowest BCUT2D eigenvalue weighted by atomic mass is 10.3. The van der Waals surface area contributed by atoms with Crippen molar-refractivity contribution in [1.29, 1.82) is 0 Å². The van der Waals surface area contributed by atoms with Crippen molar-refractivity contribution in [3.8, 4) is 5.75 Å². The Balaban J connectivity index is 1.90. The van der Waals surface area contributed by atoms with Crippen LogP contribution in [-0.4, -0.2) is 22.7 Å². The van der Waals surface area contributed by atoms with E-state index in [4.69, 9.17) is 16.3 Å². The molecule has 0 spiro atoms. The molecule has 2 rings (SSSR count). The zero-order valence-electron chi connectivity index (χ0n) is 10.1. The summed E-state index contributed by atoms with van der Waals surface area (Å²) in [6.45, 7) is -0.412. The molecular formula is C11H7ClF3N3O2S. The van der Waals surface area contributed by atoms with Crippen LogP contribution in [0, 0.1) is 0 Å². The van der Waals surface area contributed by atoms with Gasteiger partial charge in [0.15, 0.2) is 6.61 Å². The van der Waals surface area contributed by atoms with E-state index in [-0.39, 0.29) is 16.5 Å². The second-order valence-corrected chi connectivity index (χ2v) is 5.06. The molecule has 0 saturated heterocycles. The zero-order valence-corrected chi connectivity index (χ0v) is 11.7. The molecular weight excluding hydrogens is 331 g/mol. The van der Waals surface area contributed by atoms with Gasteiger partial charge in [-0.25, -0.2) is 0 Å². The number of para-hydroxylation sites is 1. The molecule has 112 valence electrons. The molecule has 1 aromatic carbocycles. The number of nitrogens with zero attached hydrogens (tertiary/aromatic N) is 2. The van der Waals surface area contributed by atoms with Crippen LogP contribution in [0.2, 0.25) is 5.02 Å². The molecule has 21 heavy (non-hydrogen) atoms. The Morgan fingerprint density at radius 1 is 1.33 bits per heavy atom. The maximum absolute atomic E-state index is 12.3. The summed E-state index contributed by atoms with van der Waals surface area (Å²) in [6.07, 6.45) is -4.59. The fraction of sp³-hybridized carbons (Fsp3) is 0.182. The number of benzene rings is 1. The Bertz CT molecular complexity index is 648. The number of rotatable bonds is 4. The van der Waals surface area contributed by atoms with Gasteiger partial charge in [0.25, 0.3) is 5.91 Å². The molecule has 0 radical (unpaired) electrons. The van der Waals surface area contributed by atoms with E-state index in [1.165, 1.54) is 0 Å². The van der Waals surface area contributed by atoms with Crippen LogP contribution in [-0.2, 0) is 11.0 Å². The Morgan fingerprint density at radius 3 is 2.67 bits per heavy atom. The average Bonchev–Trinajstić information content (AvgIpc) is 2.86. The lowest BCUT2D eigenvalue weighted by Gasteiger charge is -2.06. The van der Waals surface area contributed by atoms with Crippen LogP contribution in [0.4, 0.5) is 18.3 Å². The smallest absolute Gasteiger partial charge is 0.445 e. The maximum Gasteiger partial charge on any atom is 0.445 e. The second-order valence-electron chi connectivity index (χ2n) is 3.68. The number of aromatic nitrogens is 2. The van der Waals surface area contributed by atoms with Crippen molar-refractivity contribution in [3.05, 3.63) is 34.3 Å². The Hall–Kier alpha value is -1.87. The van der Waals surface area contributed by atoms with Crippen molar-refractivity contribution in [3.63, 3.8) is 0 Å². The summed E-state index contributed by atoms with van der Waals surface area (Å²) < 4.78 is 42.1. The quantitative estimate of drug-likeness (QED) is 0.930. The summed E-state index contributed by atoms with van der Waals surface area (Å²) >= 11 is 6.05. The third kappa shape index (κ3) is 4.30. The van der Waals surface area contributed by atoms with E-state index in [2.05, 4.69) is 15.5 Å². The normalized spacial score (nSPS) is 11.2. The van der Waals surface area contributed by atoms with Gasteiger partial charge >= 0.3 is 6.18 Å². The molecule has 2 aromatic rings. The molecule has 0 atom stereocenters. The summed E-state index contributed by atoms with van der Waals surface area (Å²) in [6, 6.07) is 6.49. The highest BCUT2D eigenvalue weighted by Gasteiger charge is 2.35. The fourth-order valence-corrected chi connectivity index (χ4v) is 2.07. The number of nitrogens with one attached hydrogen (secondary N) is 1. The summed E-state index contributed by atoms with van der Waals surface area (Å²) in [5.74, 6) is -0.373. The first-order valence-electron chi connectivity index (χ1n) is 5.44. The van der Waals surface area contributed by atoms with Crippen LogP contribution in [0.1, 0.15) is 5.01 Å². The van der Waals surface area contributed by atoms with Crippen molar-refractivity contribution in [2.75, 3.05) is 11.9 Å². The number of anilines is 1. The monoisotopic (exact) mass is 337 g/mol. The highest BCUT2D eigenvalue weighted by molar-refractivity contribution is 7.15. The summed E-state index contributed by atoms with van der Waals surface area (Å²) in [4.78, 5) is 11.5. The van der Waals surface area contributed by atoms with E-state index in [1.54, 1.807) is 24.3 Å². The lowest BCUT2D eigenvalue weighted by Crippen LogP contribution is -2.20. The van der Waals surface area contributed by atoms with Crippen LogP contribution >= 0.6 is 22.9 Å². The first-order valence-corrected chi connectivity index (χ1v) is 6.63. The minimum atomic E-state index is -4.59. The number of alkyl halides is 3. The molecule has 1 amide bonds. The largest absolute Gasteiger partial charge is 0.482 e. The number of ether oxygens (including phenoxy) is 1. The van der Waals surface area contributed by atoms with Gasteiger partial charge in [0.1, 0.15) is 5.75 Å². The standard InChI is InChI=1S/C11H7ClF3N3O2S/c12-6-3-1-2-4-7(6)20-5-8(19)16-10-18-17-9(21-10)11(13,14)15/h1-4H,5H2,(H,16,18,19). The van der Waals surface area contributed by atoms with E-state index in [9.17, 15) is 18.0 Å². The van der Waals surface area contributed by atoms with Gasteiger partial charge in [-0.05, 0) is 12.1 Å². The second kappa shape index (κ2) is 6.27. The van der Waals surface area contributed by atoms with Crippen molar-refractivity contribution in [2.45, 2.75) is 6.18 Å². The molecule has 1 heterocycles. The molecule has 5 nitrogen and oxygen atoms in total. The topological polar surface area (TPSA) is 64.1 Å². The van der Waals surface area contributed by atoms with Gasteiger partial charge in [-0.2, -0.15) is 13.2 Å². The highest BCUT2D eigenvalue weighted by Crippen LogP contribution is 2.33. The van der Waals surface area contributed by atoms with Gasteiger partial charge in [-0.15, -0.1) is 10.2 Å². The Labute approximate surface area is 125 Å². The van der Waals surface area contributed by atoms with Gasteiger partial charge in [0.2, 0.25) is 10.1 Å². The number of halogens is 4. The van der Waals surface area contributed by atoms with E-state index in [0.29, 0.717) is 10.8 Å². The predicted octanol–water partition coefficient (Wildman–Crippen LogP) is 3.23. The van der Waals surface area contributed by atoms with E-state index < -0.39 is 23.7 Å². The molecule has 1 aromatic heterocycles. The third-order valence-electron chi connectivity index (χ3n) is 2.11. The number of carbonyl (C=O) groups excluding carboxylic acids is 1. The molecule has 0 bridgehead atoms. The van der Waals surface area contributed by atoms with Gasteiger partial charge in [0, 0.05) is 0 Å². The average molecular weight is 338 g/mol. The molecule has 1 N–H and O–H groups in total. The van der Waals surface area contributed by atoms with Crippen molar-refractivity contribution >= 4 is 34.0 Å². The minimum Gasteiger partial charge on any atom is -0.482 e. The predicted molar refractivity (Wildman–Crippen MR) is 70.5 cm³/mol. The Morgan fingerprint density at radius 2 is 2.05 bits per heavy atom. The summed E-state index contributed by atoms with van der Waals surface area (Å²) in [5.41, 5.74) is 0. The first kappa shape index (κ1) is 15.5. The maximum atomic E-state index is 12.3. The van der Waals surface area contributed by atoms with Crippen LogP contribution in [0.25, 0.3) is 0 Å². The number of carbonyl (C=O) groups is 1. The zero-order chi connectivity index (χ0) is 15.5. The lowest BCUT2D eigenvalue weighted by molar-refractivity contribution is -0.138. The van der Waals surface area contributed by atoms with Gasteiger partial charge < -0.3 is 4.74 Å². The molecule has 0 fully saturated rings. The molecule has 0 aliphatic heterocycles. The summed E-state index contributed by atoms with van der Waals surface area (Å²) in [7, 11) is 0. The van der Waals surface area contributed by atoms with Crippen LogP contribution in [0.3, 0.4) is 0 Å². The summed E-state index contributed by atoms with van der Waals surface area (Å²) in [5, 5.41) is 7.26. The number of hydrogen-bond acceptors (Lipinski definition) is 5. The van der Waals surface area contributed by atoms with Crippen LogP contribution in [0.15, 0.2) is 24.3 Å². The van der Waals surface area contributed by atoms with Gasteiger partial charge in [-0.3, -0.25) is 10.1 Å². The molecule has 0 aliphatic rings. The minimum absolute atomic E-state index is 0.232. The number of hydrogen-bond donors (Lipinski definition) is 1. The molecule has 0 saturated carbocycles. The van der Waals surface area contributed by atoms with Crippen molar-refractivity contribution < 1.29 is 22.7 Å². The first-order chi connectivity index (χ1) is 9.86. The van der Waals surface area contributed by atoms with E-state index >= 15 is 0 Å². The van der Waals surface area contributed by atoms with Crippen molar-refractivity contribution in [1.82, 2.24) is 10.2 Å². The number of amides is 1. The molecule has 0 unspecified atom stereocenters. The van der Waals surface area contributed by atoms with Gasteiger partial charge in [-0.1, -0.05) is 35.1 Å². The third-order valence-corrected chi connectivity index (χ3v) is 3.31. The molecule has 0 aliphatic carbocycles. The SMILES string of the molecule is O=C(COc1ccccc1Cl)Nc1nnc(C(F)(F)F)s1. The Kier molecular flexibility index (Phi) is 4.63. The van der Waals surface area contributed by atoms with Crippen molar-refractivity contribution in [2.24, 2.45) is 0 Å². The van der Waals surface area contributed by atoms with Crippen LogP contribution in [0.5, 0.6) is 5.75 Å². The van der Waals surface area contributed by atoms with E-state index in [0.717, 1.165) is 0 Å². The van der Waals surface area contributed by atoms with Gasteiger partial charge in [0.05, 0.1) is 5.02 Å². The van der Waals surface area contributed by atoms with E-state index in [1.807, 2.05) is 0 Å². The fourth-order valence-electron chi connectivity index (χ4n) is 1.25. The van der Waals surface area contributed by atoms with Crippen LogP contribution < -0.4 is 10.1 Å².